The molecule has 122 valence electrons. The number of ketones is 1. The molecule has 4 aliphatic carbocycles. The Morgan fingerprint density at radius 1 is 1.35 bits per heavy atom. The molecule has 4 aliphatic rings. The monoisotopic (exact) mass is 310 g/mol. The van der Waals surface area contributed by atoms with Gasteiger partial charge < -0.3 is 5.11 Å². The Labute approximate surface area is 139 Å². The fourth-order valence-electron chi connectivity index (χ4n) is 6.49. The Morgan fingerprint density at radius 3 is 2.87 bits per heavy atom. The van der Waals surface area contributed by atoms with Crippen molar-refractivity contribution in [3.8, 4) is 12.3 Å². The van der Waals surface area contributed by atoms with Gasteiger partial charge in [0.15, 0.2) is 5.78 Å². The third kappa shape index (κ3) is 1.89. The summed E-state index contributed by atoms with van der Waals surface area (Å²) in [6.45, 7) is 4.55. The maximum atomic E-state index is 11.7. The van der Waals surface area contributed by atoms with Gasteiger partial charge in [0.05, 0.1) is 0 Å². The van der Waals surface area contributed by atoms with Gasteiger partial charge in [-0.25, -0.2) is 0 Å². The second kappa shape index (κ2) is 4.84. The maximum Gasteiger partial charge on any atom is 0.178 e. The molecule has 0 heterocycles. The van der Waals surface area contributed by atoms with Crippen molar-refractivity contribution < 1.29 is 9.90 Å². The number of carbonyl (C=O) groups excluding carboxylic acids is 1. The second-order valence-corrected chi connectivity index (χ2v) is 8.54. The molecule has 3 fully saturated rings. The molecule has 2 nitrogen and oxygen atoms in total. The normalized spacial score (nSPS) is 51.3. The lowest BCUT2D eigenvalue weighted by Gasteiger charge is -2.56. The maximum absolute atomic E-state index is 11.7. The Hall–Kier alpha value is -1.33. The molecule has 0 aromatic rings. The molecule has 0 spiro atoms. The zero-order valence-corrected chi connectivity index (χ0v) is 14.1. The number of fused-ring (bicyclic) bond motifs is 5. The van der Waals surface area contributed by atoms with Crippen LogP contribution in [0.15, 0.2) is 23.8 Å². The van der Waals surface area contributed by atoms with Gasteiger partial charge in [-0.3, -0.25) is 4.79 Å². The molecule has 7 atom stereocenters. The zero-order valence-electron chi connectivity index (χ0n) is 14.1. The second-order valence-electron chi connectivity index (χ2n) is 8.54. The van der Waals surface area contributed by atoms with Crippen LogP contribution in [-0.2, 0) is 4.79 Å². The Balaban J connectivity index is 1.71. The third-order valence-corrected chi connectivity index (χ3v) is 7.67. The summed E-state index contributed by atoms with van der Waals surface area (Å²) in [5, 5.41) is 11.0. The van der Waals surface area contributed by atoms with Crippen LogP contribution in [0.4, 0.5) is 0 Å². The molecule has 0 saturated heterocycles. The van der Waals surface area contributed by atoms with Crippen molar-refractivity contribution in [1.29, 1.82) is 0 Å². The number of hydrogen-bond acceptors (Lipinski definition) is 2. The first-order chi connectivity index (χ1) is 10.9. The standard InChI is InChI=1S/C21H26O2/c1-4-21(23)10-8-18-19-13(2)11-14-12-15(22)5-6-16(14)17(19)7-9-20(18,21)3/h1,5-6,12-13,16-19,23H,7-11H2,2-3H3/t13-,16-,17-,18+,19+,20-,21?/m0/s1. The first-order valence-corrected chi connectivity index (χ1v) is 9.02. The van der Waals surface area contributed by atoms with Gasteiger partial charge in [0, 0.05) is 11.3 Å². The summed E-state index contributed by atoms with van der Waals surface area (Å²) in [4.78, 5) is 11.7. The molecule has 4 rings (SSSR count). The lowest BCUT2D eigenvalue weighted by atomic mass is 9.49. The van der Waals surface area contributed by atoms with Crippen LogP contribution in [0, 0.1) is 47.3 Å². The van der Waals surface area contributed by atoms with E-state index in [0.717, 1.165) is 32.1 Å². The van der Waals surface area contributed by atoms with E-state index < -0.39 is 5.60 Å². The summed E-state index contributed by atoms with van der Waals surface area (Å²) in [6, 6.07) is 0. The van der Waals surface area contributed by atoms with E-state index in [1.54, 1.807) is 6.08 Å². The highest BCUT2D eigenvalue weighted by Crippen LogP contribution is 2.65. The van der Waals surface area contributed by atoms with Gasteiger partial charge in [-0.1, -0.05) is 31.4 Å². The zero-order chi connectivity index (χ0) is 16.4. The highest BCUT2D eigenvalue weighted by molar-refractivity contribution is 6.00. The average Bonchev–Trinajstić information content (AvgIpc) is 2.79. The van der Waals surface area contributed by atoms with Crippen molar-refractivity contribution in [2.24, 2.45) is 35.0 Å². The molecule has 1 N–H and O–H groups in total. The van der Waals surface area contributed by atoms with Gasteiger partial charge in [-0.15, -0.1) is 6.42 Å². The molecular formula is C21H26O2. The van der Waals surface area contributed by atoms with Crippen molar-refractivity contribution in [2.45, 2.75) is 51.6 Å². The summed E-state index contributed by atoms with van der Waals surface area (Å²) in [5.74, 6) is 5.59. The molecule has 0 aliphatic heterocycles. The van der Waals surface area contributed by atoms with E-state index in [1.165, 1.54) is 5.57 Å². The third-order valence-electron chi connectivity index (χ3n) is 7.67. The number of rotatable bonds is 0. The van der Waals surface area contributed by atoms with Crippen LogP contribution in [0.25, 0.3) is 0 Å². The number of allylic oxidation sites excluding steroid dienone is 4. The summed E-state index contributed by atoms with van der Waals surface area (Å²) in [7, 11) is 0. The molecule has 0 aromatic heterocycles. The fourth-order valence-corrected chi connectivity index (χ4v) is 6.49. The highest BCUT2D eigenvalue weighted by Gasteiger charge is 2.62. The van der Waals surface area contributed by atoms with E-state index in [2.05, 4.69) is 25.8 Å². The van der Waals surface area contributed by atoms with E-state index in [4.69, 9.17) is 6.42 Å². The largest absolute Gasteiger partial charge is 0.377 e. The van der Waals surface area contributed by atoms with Gasteiger partial charge in [0.1, 0.15) is 5.60 Å². The number of carbonyl (C=O) groups is 1. The van der Waals surface area contributed by atoms with Crippen LogP contribution in [-0.4, -0.2) is 16.5 Å². The lowest BCUT2D eigenvalue weighted by molar-refractivity contribution is -0.111. The van der Waals surface area contributed by atoms with Crippen LogP contribution in [0.5, 0.6) is 0 Å². The first kappa shape index (κ1) is 15.2. The lowest BCUT2D eigenvalue weighted by Crippen LogP contribution is -2.53. The number of hydrogen-bond donors (Lipinski definition) is 1. The van der Waals surface area contributed by atoms with Crippen LogP contribution >= 0.6 is 0 Å². The van der Waals surface area contributed by atoms with Crippen LogP contribution in [0.1, 0.15) is 46.0 Å². The van der Waals surface area contributed by atoms with Gasteiger partial charge in [0.25, 0.3) is 0 Å². The summed E-state index contributed by atoms with van der Waals surface area (Å²) in [5.41, 5.74) is 0.253. The smallest absolute Gasteiger partial charge is 0.178 e. The fraction of sp³-hybridized carbons (Fsp3) is 0.667. The molecule has 0 bridgehead atoms. The molecule has 23 heavy (non-hydrogen) atoms. The quantitative estimate of drug-likeness (QED) is 0.695. The molecule has 0 radical (unpaired) electrons. The van der Waals surface area contributed by atoms with Crippen LogP contribution < -0.4 is 0 Å². The van der Waals surface area contributed by atoms with Gasteiger partial charge in [-0.2, -0.15) is 0 Å². The van der Waals surface area contributed by atoms with E-state index >= 15 is 0 Å². The predicted molar refractivity (Wildman–Crippen MR) is 90.3 cm³/mol. The van der Waals surface area contributed by atoms with Gasteiger partial charge in [-0.05, 0) is 67.9 Å². The predicted octanol–water partition coefficient (Wildman–Crippen LogP) is 3.51. The van der Waals surface area contributed by atoms with Crippen LogP contribution in [0.2, 0.25) is 0 Å². The topological polar surface area (TPSA) is 37.3 Å². The van der Waals surface area contributed by atoms with Crippen molar-refractivity contribution in [3.63, 3.8) is 0 Å². The highest BCUT2D eigenvalue weighted by atomic mass is 16.3. The molecule has 2 heteroatoms. The average molecular weight is 310 g/mol. The Bertz CT molecular complexity index is 651. The molecule has 0 amide bonds. The van der Waals surface area contributed by atoms with Crippen molar-refractivity contribution in [3.05, 3.63) is 23.8 Å². The summed E-state index contributed by atoms with van der Waals surface area (Å²) >= 11 is 0. The van der Waals surface area contributed by atoms with Crippen molar-refractivity contribution in [1.82, 2.24) is 0 Å². The van der Waals surface area contributed by atoms with Gasteiger partial charge in [0.2, 0.25) is 0 Å². The Kier molecular flexibility index (Phi) is 3.20. The number of terminal acetylenes is 1. The minimum absolute atomic E-state index is 0.144. The summed E-state index contributed by atoms with van der Waals surface area (Å²) < 4.78 is 0. The molecule has 3 saturated carbocycles. The summed E-state index contributed by atoms with van der Waals surface area (Å²) in [6.07, 6.45) is 16.4. The van der Waals surface area contributed by atoms with Crippen molar-refractivity contribution in [2.75, 3.05) is 0 Å². The SMILES string of the molecule is C#CC1(O)CC[C@@H]2[C@H]3[C@@H](CC[C@@]21C)[C@H]1C=CC(=O)C=C1C[C@@H]3C. The Morgan fingerprint density at radius 2 is 2.13 bits per heavy atom. The van der Waals surface area contributed by atoms with E-state index in [-0.39, 0.29) is 11.2 Å². The van der Waals surface area contributed by atoms with E-state index in [1.807, 2.05) is 6.08 Å². The van der Waals surface area contributed by atoms with Gasteiger partial charge >= 0.3 is 0 Å². The van der Waals surface area contributed by atoms with Crippen LogP contribution in [0.3, 0.4) is 0 Å². The van der Waals surface area contributed by atoms with Crippen molar-refractivity contribution >= 4 is 5.78 Å². The number of aliphatic hydroxyl groups is 1. The van der Waals surface area contributed by atoms with E-state index in [9.17, 15) is 9.90 Å². The molecule has 1 unspecified atom stereocenters. The molecule has 0 aromatic carbocycles. The minimum Gasteiger partial charge on any atom is -0.377 e. The van der Waals surface area contributed by atoms with E-state index in [0.29, 0.717) is 29.6 Å². The minimum atomic E-state index is -0.934. The first-order valence-electron chi connectivity index (χ1n) is 9.02. The molecular weight excluding hydrogens is 284 g/mol.